The van der Waals surface area contributed by atoms with Crippen molar-refractivity contribution in [1.29, 1.82) is 0 Å². The van der Waals surface area contributed by atoms with Crippen LogP contribution in [-0.2, 0) is 0 Å². The summed E-state index contributed by atoms with van der Waals surface area (Å²) in [7, 11) is 0. The summed E-state index contributed by atoms with van der Waals surface area (Å²) in [4.78, 5) is 17.3. The zero-order chi connectivity index (χ0) is 26.0. The molecule has 4 rings (SSSR count). The maximum absolute atomic E-state index is 12.6. The van der Waals surface area contributed by atoms with Crippen molar-refractivity contribution in [3.8, 4) is 22.8 Å². The Bertz CT molecular complexity index is 1360. The van der Waals surface area contributed by atoms with Gasteiger partial charge in [0.15, 0.2) is 16.6 Å². The summed E-state index contributed by atoms with van der Waals surface area (Å²) < 4.78 is 12.3. The Morgan fingerprint density at radius 2 is 1.81 bits per heavy atom. The highest BCUT2D eigenvalue weighted by Crippen LogP contribution is 2.33. The lowest BCUT2D eigenvalue weighted by Crippen LogP contribution is -2.17. The number of carbonyl (C=O) groups excluding carboxylic acids is 1. The van der Waals surface area contributed by atoms with Crippen LogP contribution in [0.25, 0.3) is 11.3 Å². The van der Waals surface area contributed by atoms with E-state index in [9.17, 15) is 4.79 Å². The SMILES string of the molecule is CCCOc1cc(Br)c(/C=N/NC(=O)c2ccc(-c3csc(Nc4ccccc4)n3)cc2)cc1OCC. The second-order valence-electron chi connectivity index (χ2n) is 7.91. The number of nitrogens with one attached hydrogen (secondary N) is 2. The van der Waals surface area contributed by atoms with Crippen molar-refractivity contribution >= 4 is 50.2 Å². The average Bonchev–Trinajstić information content (AvgIpc) is 3.38. The molecule has 0 unspecified atom stereocenters. The van der Waals surface area contributed by atoms with Crippen LogP contribution in [0.3, 0.4) is 0 Å². The van der Waals surface area contributed by atoms with Crippen LogP contribution in [0.15, 0.2) is 81.7 Å². The number of carbonyl (C=O) groups is 1. The first-order chi connectivity index (χ1) is 18.1. The number of hydrogen-bond acceptors (Lipinski definition) is 7. The predicted octanol–water partition coefficient (Wildman–Crippen LogP) is 7.27. The molecule has 4 aromatic rings. The van der Waals surface area contributed by atoms with E-state index in [0.717, 1.165) is 38.5 Å². The van der Waals surface area contributed by atoms with E-state index in [1.165, 1.54) is 11.3 Å². The van der Waals surface area contributed by atoms with Gasteiger partial charge in [0.05, 0.1) is 25.1 Å². The third kappa shape index (κ3) is 7.18. The molecule has 190 valence electrons. The summed E-state index contributed by atoms with van der Waals surface area (Å²) >= 11 is 5.06. The van der Waals surface area contributed by atoms with Gasteiger partial charge in [-0.2, -0.15) is 5.10 Å². The highest BCUT2D eigenvalue weighted by Gasteiger charge is 2.11. The Morgan fingerprint density at radius 3 is 2.54 bits per heavy atom. The zero-order valence-electron chi connectivity index (χ0n) is 20.5. The van der Waals surface area contributed by atoms with E-state index in [1.54, 1.807) is 18.3 Å². The van der Waals surface area contributed by atoms with E-state index in [-0.39, 0.29) is 5.91 Å². The second kappa shape index (κ2) is 13.0. The van der Waals surface area contributed by atoms with Gasteiger partial charge >= 0.3 is 0 Å². The van der Waals surface area contributed by atoms with E-state index in [0.29, 0.717) is 30.3 Å². The normalized spacial score (nSPS) is 10.9. The van der Waals surface area contributed by atoms with E-state index in [4.69, 9.17) is 9.47 Å². The number of hydrogen-bond donors (Lipinski definition) is 2. The van der Waals surface area contributed by atoms with Gasteiger partial charge in [0.2, 0.25) is 0 Å². The summed E-state index contributed by atoms with van der Waals surface area (Å²) in [6, 6.07) is 20.8. The highest BCUT2D eigenvalue weighted by atomic mass is 79.9. The monoisotopic (exact) mass is 578 g/mol. The van der Waals surface area contributed by atoms with Crippen molar-refractivity contribution in [2.24, 2.45) is 5.10 Å². The molecule has 9 heteroatoms. The Hall–Kier alpha value is -3.69. The zero-order valence-corrected chi connectivity index (χ0v) is 22.9. The van der Waals surface area contributed by atoms with Gasteiger partial charge in [-0.15, -0.1) is 11.3 Å². The molecular formula is C28H27BrN4O3S. The number of hydrazone groups is 1. The Kier molecular flexibility index (Phi) is 9.29. The topological polar surface area (TPSA) is 84.8 Å². The van der Waals surface area contributed by atoms with Crippen molar-refractivity contribution in [1.82, 2.24) is 10.4 Å². The first kappa shape index (κ1) is 26.4. The van der Waals surface area contributed by atoms with Crippen LogP contribution in [-0.4, -0.2) is 30.3 Å². The number of anilines is 2. The van der Waals surface area contributed by atoms with Crippen molar-refractivity contribution in [2.45, 2.75) is 20.3 Å². The minimum Gasteiger partial charge on any atom is -0.490 e. The fourth-order valence-corrected chi connectivity index (χ4v) is 4.53. The van der Waals surface area contributed by atoms with Crippen LogP contribution in [0.4, 0.5) is 10.8 Å². The minimum absolute atomic E-state index is 0.309. The third-order valence-corrected chi connectivity index (χ3v) is 6.61. The van der Waals surface area contributed by atoms with Crippen LogP contribution < -0.4 is 20.2 Å². The standard InChI is InChI=1S/C28H27BrN4O3S/c1-3-14-36-26-16-23(29)21(15-25(26)35-4-2)17-30-33-27(34)20-12-10-19(11-13-20)24-18-37-28(32-24)31-22-8-6-5-7-9-22/h5-13,15-18H,3-4,14H2,1-2H3,(H,31,32)(H,33,34)/b30-17+. The lowest BCUT2D eigenvalue weighted by molar-refractivity contribution is 0.0955. The maximum Gasteiger partial charge on any atom is 0.271 e. The molecule has 0 atom stereocenters. The molecule has 0 radical (unpaired) electrons. The Labute approximate surface area is 228 Å². The fourth-order valence-electron chi connectivity index (χ4n) is 3.37. The second-order valence-corrected chi connectivity index (χ2v) is 9.62. The van der Waals surface area contributed by atoms with E-state index < -0.39 is 0 Å². The number of halogens is 1. The molecule has 0 saturated heterocycles. The summed E-state index contributed by atoms with van der Waals surface area (Å²) in [5.74, 6) is 0.989. The molecule has 0 bridgehead atoms. The van der Waals surface area contributed by atoms with Crippen molar-refractivity contribution in [2.75, 3.05) is 18.5 Å². The third-order valence-electron chi connectivity index (χ3n) is 5.17. The molecule has 3 aromatic carbocycles. The van der Waals surface area contributed by atoms with Crippen LogP contribution in [0.5, 0.6) is 11.5 Å². The lowest BCUT2D eigenvalue weighted by Gasteiger charge is -2.13. The molecule has 0 saturated carbocycles. The molecule has 0 aliphatic heterocycles. The van der Waals surface area contributed by atoms with Gasteiger partial charge in [0.1, 0.15) is 0 Å². The van der Waals surface area contributed by atoms with E-state index in [1.807, 2.05) is 73.8 Å². The van der Waals surface area contributed by atoms with Crippen LogP contribution >= 0.6 is 27.3 Å². The molecule has 0 fully saturated rings. The smallest absolute Gasteiger partial charge is 0.271 e. The Balaban J connectivity index is 1.38. The average molecular weight is 580 g/mol. The lowest BCUT2D eigenvalue weighted by atomic mass is 10.1. The molecule has 0 spiro atoms. The quantitative estimate of drug-likeness (QED) is 0.144. The predicted molar refractivity (Wildman–Crippen MR) is 153 cm³/mol. The van der Waals surface area contributed by atoms with Gasteiger partial charge in [-0.05, 0) is 65.7 Å². The molecule has 1 aromatic heterocycles. The first-order valence-corrected chi connectivity index (χ1v) is 13.5. The number of ether oxygens (including phenoxy) is 2. The molecule has 0 aliphatic rings. The van der Waals surface area contributed by atoms with Gasteiger partial charge in [-0.25, -0.2) is 10.4 Å². The minimum atomic E-state index is -0.309. The van der Waals surface area contributed by atoms with Gasteiger partial charge in [-0.1, -0.05) is 37.3 Å². The number of amides is 1. The molecule has 1 heterocycles. The summed E-state index contributed by atoms with van der Waals surface area (Å²) in [6.45, 7) is 5.08. The molecule has 2 N–H and O–H groups in total. The van der Waals surface area contributed by atoms with Crippen LogP contribution in [0.1, 0.15) is 36.2 Å². The number of benzene rings is 3. The Morgan fingerprint density at radius 1 is 1.05 bits per heavy atom. The fraction of sp³-hybridized carbons (Fsp3) is 0.179. The van der Waals surface area contributed by atoms with Gasteiger partial charge < -0.3 is 14.8 Å². The summed E-state index contributed by atoms with van der Waals surface area (Å²) in [5, 5.41) is 10.2. The van der Waals surface area contributed by atoms with Gasteiger partial charge in [0.25, 0.3) is 5.91 Å². The van der Waals surface area contributed by atoms with Crippen molar-refractivity contribution in [3.63, 3.8) is 0 Å². The van der Waals surface area contributed by atoms with Crippen molar-refractivity contribution < 1.29 is 14.3 Å². The van der Waals surface area contributed by atoms with E-state index in [2.05, 4.69) is 36.8 Å². The molecule has 7 nitrogen and oxygen atoms in total. The summed E-state index contributed by atoms with van der Waals surface area (Å²) in [5.41, 5.74) is 6.58. The van der Waals surface area contributed by atoms with Crippen LogP contribution in [0.2, 0.25) is 0 Å². The van der Waals surface area contributed by atoms with Gasteiger partial charge in [-0.3, -0.25) is 4.79 Å². The molecule has 0 aliphatic carbocycles. The number of rotatable bonds is 11. The molecule has 37 heavy (non-hydrogen) atoms. The first-order valence-electron chi connectivity index (χ1n) is 11.9. The molecule has 1 amide bonds. The summed E-state index contributed by atoms with van der Waals surface area (Å²) in [6.07, 6.45) is 2.47. The van der Waals surface area contributed by atoms with Crippen molar-refractivity contribution in [3.05, 3.63) is 87.7 Å². The number of aromatic nitrogens is 1. The number of nitrogens with zero attached hydrogens (tertiary/aromatic N) is 2. The van der Waals surface area contributed by atoms with E-state index >= 15 is 0 Å². The maximum atomic E-state index is 12.6. The highest BCUT2D eigenvalue weighted by molar-refractivity contribution is 9.10. The molecular weight excluding hydrogens is 552 g/mol. The number of thiazole rings is 1. The number of para-hydroxylation sites is 1. The van der Waals surface area contributed by atoms with Gasteiger partial charge in [0, 0.05) is 32.2 Å². The largest absolute Gasteiger partial charge is 0.490 e. The van der Waals surface area contributed by atoms with Crippen LogP contribution in [0, 0.1) is 0 Å².